The molecule has 1 aliphatic heterocycles. The number of aryl methyl sites for hydroxylation is 1. The summed E-state index contributed by atoms with van der Waals surface area (Å²) in [6.45, 7) is 3.30. The topological polar surface area (TPSA) is 93.7 Å². The van der Waals surface area contributed by atoms with Gasteiger partial charge in [-0.25, -0.2) is 8.42 Å². The first kappa shape index (κ1) is 21.7. The highest BCUT2D eigenvalue weighted by Crippen LogP contribution is 2.32. The number of sulfonamides is 1. The second-order valence-electron chi connectivity index (χ2n) is 7.48. The molecule has 4 rings (SSSR count). The lowest BCUT2D eigenvalue weighted by molar-refractivity contribution is 0.0952. The molecule has 0 aromatic heterocycles. The van der Waals surface area contributed by atoms with Crippen LogP contribution >= 0.6 is 0 Å². The maximum absolute atomic E-state index is 13.0. The summed E-state index contributed by atoms with van der Waals surface area (Å²) >= 11 is 0. The first-order valence-corrected chi connectivity index (χ1v) is 11.8. The predicted octanol–water partition coefficient (Wildman–Crippen LogP) is 3.89. The number of hydrogen-bond acceptors (Lipinski definition) is 5. The summed E-state index contributed by atoms with van der Waals surface area (Å²) in [5.41, 5.74) is 2.52. The number of amides is 1. The Morgan fingerprint density at radius 1 is 0.938 bits per heavy atom. The van der Waals surface area contributed by atoms with Crippen LogP contribution in [0.3, 0.4) is 0 Å². The summed E-state index contributed by atoms with van der Waals surface area (Å²) in [6.07, 6.45) is 0.722. The summed E-state index contributed by atoms with van der Waals surface area (Å²) in [7, 11) is -3.95. The van der Waals surface area contributed by atoms with Gasteiger partial charge in [-0.3, -0.25) is 9.52 Å². The molecule has 0 saturated heterocycles. The third-order valence-corrected chi connectivity index (χ3v) is 6.38. The van der Waals surface area contributed by atoms with Crippen molar-refractivity contribution in [2.75, 3.05) is 17.9 Å². The van der Waals surface area contributed by atoms with Gasteiger partial charge in [-0.2, -0.15) is 0 Å². The van der Waals surface area contributed by atoms with Gasteiger partial charge >= 0.3 is 0 Å². The van der Waals surface area contributed by atoms with Crippen LogP contribution in [0, 0.1) is 6.92 Å². The fourth-order valence-electron chi connectivity index (χ4n) is 3.27. The average molecular weight is 453 g/mol. The molecule has 2 N–H and O–H groups in total. The molecule has 1 amide bonds. The number of fused-ring (bicyclic) bond motifs is 1. The molecule has 0 spiro atoms. The molecule has 0 fully saturated rings. The third kappa shape index (κ3) is 5.03. The average Bonchev–Trinajstić information content (AvgIpc) is 3.03. The van der Waals surface area contributed by atoms with Crippen LogP contribution in [0.2, 0.25) is 0 Å². The van der Waals surface area contributed by atoms with Crippen molar-refractivity contribution in [2.24, 2.45) is 0 Å². The van der Waals surface area contributed by atoms with E-state index in [9.17, 15) is 13.2 Å². The molecule has 1 heterocycles. The number of carbonyl (C=O) groups excluding carboxylic acids is 1. The highest BCUT2D eigenvalue weighted by atomic mass is 32.2. The van der Waals surface area contributed by atoms with E-state index >= 15 is 0 Å². The van der Waals surface area contributed by atoms with Crippen molar-refractivity contribution < 1.29 is 22.7 Å². The maximum Gasteiger partial charge on any atom is 0.262 e. The quantitative estimate of drug-likeness (QED) is 0.592. The summed E-state index contributed by atoms with van der Waals surface area (Å²) in [5.74, 6) is 0.523. The number of carbonyl (C=O) groups is 1. The molecule has 0 unspecified atom stereocenters. The van der Waals surface area contributed by atoms with Crippen molar-refractivity contribution >= 4 is 21.6 Å². The van der Waals surface area contributed by atoms with Gasteiger partial charge in [0.15, 0.2) is 11.5 Å². The largest absolute Gasteiger partial charge is 0.490 e. The fraction of sp³-hybridized carbons (Fsp3) is 0.208. The van der Waals surface area contributed by atoms with Crippen LogP contribution in [0.1, 0.15) is 27.9 Å². The van der Waals surface area contributed by atoms with Crippen molar-refractivity contribution in [1.29, 1.82) is 0 Å². The number of nitrogens with one attached hydrogen (secondary N) is 2. The zero-order valence-electron chi connectivity index (χ0n) is 17.6. The molecule has 0 bridgehead atoms. The van der Waals surface area contributed by atoms with Crippen molar-refractivity contribution in [3.8, 4) is 11.5 Å². The van der Waals surface area contributed by atoms with Gasteiger partial charge in [0, 0.05) is 19.0 Å². The molecule has 0 radical (unpaired) electrons. The minimum absolute atomic E-state index is 0.0246. The van der Waals surface area contributed by atoms with Crippen LogP contribution in [-0.2, 0) is 16.6 Å². The molecule has 32 heavy (non-hydrogen) atoms. The van der Waals surface area contributed by atoms with Gasteiger partial charge < -0.3 is 14.8 Å². The number of ether oxygens (including phenoxy) is 2. The van der Waals surface area contributed by atoms with Gasteiger partial charge in [-0.15, -0.1) is 0 Å². The number of anilines is 1. The van der Waals surface area contributed by atoms with Crippen LogP contribution in [0.5, 0.6) is 11.5 Å². The Kier molecular flexibility index (Phi) is 6.32. The zero-order valence-corrected chi connectivity index (χ0v) is 18.4. The molecule has 0 saturated carbocycles. The van der Waals surface area contributed by atoms with Crippen LogP contribution in [0.15, 0.2) is 71.6 Å². The number of hydrogen-bond donors (Lipinski definition) is 2. The Labute approximate surface area is 187 Å². The fourth-order valence-corrected chi connectivity index (χ4v) is 4.36. The second kappa shape index (κ2) is 9.32. The first-order chi connectivity index (χ1) is 15.4. The number of benzene rings is 3. The highest BCUT2D eigenvalue weighted by Gasteiger charge is 2.21. The number of para-hydroxylation sites is 1. The van der Waals surface area contributed by atoms with E-state index in [-0.39, 0.29) is 22.1 Å². The van der Waals surface area contributed by atoms with Gasteiger partial charge in [0.1, 0.15) is 0 Å². The molecule has 0 aliphatic carbocycles. The summed E-state index contributed by atoms with van der Waals surface area (Å²) in [5, 5.41) is 2.84. The van der Waals surface area contributed by atoms with Crippen molar-refractivity contribution in [2.45, 2.75) is 24.8 Å². The third-order valence-electron chi connectivity index (χ3n) is 5.02. The Morgan fingerprint density at radius 3 is 2.44 bits per heavy atom. The van der Waals surface area contributed by atoms with Crippen LogP contribution in [0.4, 0.5) is 5.69 Å². The van der Waals surface area contributed by atoms with Gasteiger partial charge in [-0.1, -0.05) is 42.0 Å². The highest BCUT2D eigenvalue weighted by molar-refractivity contribution is 7.92. The molecular weight excluding hydrogens is 428 g/mol. The Balaban J connectivity index is 1.52. The van der Waals surface area contributed by atoms with E-state index in [2.05, 4.69) is 10.0 Å². The standard InChI is InChI=1S/C24H24N2O5S/c1-17-7-9-18(10-8-17)16-25-24(27)20-5-2-3-6-21(20)26-32(28,29)19-11-12-22-23(15-19)31-14-4-13-30-22/h2-3,5-12,15,26H,4,13-14,16H2,1H3,(H,25,27). The minimum atomic E-state index is -3.95. The second-order valence-corrected chi connectivity index (χ2v) is 9.16. The molecule has 166 valence electrons. The van der Waals surface area contributed by atoms with Gasteiger partial charge in [0.25, 0.3) is 15.9 Å². The molecule has 8 heteroatoms. The van der Waals surface area contributed by atoms with Crippen molar-refractivity contribution in [3.05, 3.63) is 83.4 Å². The smallest absolute Gasteiger partial charge is 0.262 e. The van der Waals surface area contributed by atoms with E-state index in [4.69, 9.17) is 9.47 Å². The van der Waals surface area contributed by atoms with Gasteiger partial charge in [0.2, 0.25) is 0 Å². The summed E-state index contributed by atoms with van der Waals surface area (Å²) in [6, 6.07) is 18.8. The molecular formula is C24H24N2O5S. The summed E-state index contributed by atoms with van der Waals surface area (Å²) < 4.78 is 39.7. The zero-order chi connectivity index (χ0) is 22.6. The molecule has 1 aliphatic rings. The SMILES string of the molecule is Cc1ccc(CNC(=O)c2ccccc2NS(=O)(=O)c2ccc3c(c2)OCCCO3)cc1. The van der Waals surface area contributed by atoms with Crippen LogP contribution < -0.4 is 19.5 Å². The van der Waals surface area contributed by atoms with Crippen molar-refractivity contribution in [3.63, 3.8) is 0 Å². The summed E-state index contributed by atoms with van der Waals surface area (Å²) in [4.78, 5) is 12.8. The van der Waals surface area contributed by atoms with Gasteiger partial charge in [0.05, 0.1) is 29.4 Å². The molecule has 7 nitrogen and oxygen atoms in total. The minimum Gasteiger partial charge on any atom is -0.490 e. The van der Waals surface area contributed by atoms with E-state index in [1.165, 1.54) is 12.1 Å². The van der Waals surface area contributed by atoms with E-state index in [1.54, 1.807) is 30.3 Å². The lowest BCUT2D eigenvalue weighted by Gasteiger charge is -2.14. The first-order valence-electron chi connectivity index (χ1n) is 10.3. The van der Waals surface area contributed by atoms with Crippen molar-refractivity contribution in [1.82, 2.24) is 5.32 Å². The maximum atomic E-state index is 13.0. The van der Waals surface area contributed by atoms with Crippen LogP contribution in [0.25, 0.3) is 0 Å². The van der Waals surface area contributed by atoms with Crippen LogP contribution in [-0.4, -0.2) is 27.5 Å². The van der Waals surface area contributed by atoms with E-state index in [0.29, 0.717) is 31.3 Å². The Hall–Kier alpha value is -3.52. The Bertz CT molecular complexity index is 1220. The molecule has 3 aromatic rings. The Morgan fingerprint density at radius 2 is 1.66 bits per heavy atom. The van der Waals surface area contributed by atoms with E-state index < -0.39 is 10.0 Å². The van der Waals surface area contributed by atoms with Gasteiger partial charge in [-0.05, 0) is 36.8 Å². The molecule has 3 aromatic carbocycles. The predicted molar refractivity (Wildman–Crippen MR) is 122 cm³/mol. The lowest BCUT2D eigenvalue weighted by atomic mass is 10.1. The van der Waals surface area contributed by atoms with E-state index in [1.807, 2.05) is 31.2 Å². The monoisotopic (exact) mass is 452 g/mol. The lowest BCUT2D eigenvalue weighted by Crippen LogP contribution is -2.25. The number of rotatable bonds is 6. The van der Waals surface area contributed by atoms with E-state index in [0.717, 1.165) is 17.5 Å². The molecule has 0 atom stereocenters. The normalized spacial score (nSPS) is 13.2.